The standard InChI is InChI=1S/C16H21NO2/c1-3-4-8-11-17-12-14(2)16(18)19-13-15-9-6-5-7-10-15/h5-7,9-10,14,17H,8,11-13H2,1-2H3. The molecule has 19 heavy (non-hydrogen) atoms. The van der Waals surface area contributed by atoms with Crippen molar-refractivity contribution < 1.29 is 9.53 Å². The maximum absolute atomic E-state index is 11.7. The second-order valence-corrected chi connectivity index (χ2v) is 4.38. The van der Waals surface area contributed by atoms with E-state index in [1.807, 2.05) is 44.2 Å². The van der Waals surface area contributed by atoms with Crippen molar-refractivity contribution in [2.75, 3.05) is 13.1 Å². The number of esters is 1. The molecule has 0 heterocycles. The number of hydrogen-bond donors (Lipinski definition) is 1. The number of carbonyl (C=O) groups excluding carboxylic acids is 1. The Labute approximate surface area is 115 Å². The molecular weight excluding hydrogens is 238 g/mol. The van der Waals surface area contributed by atoms with Crippen LogP contribution < -0.4 is 5.32 Å². The van der Waals surface area contributed by atoms with E-state index in [0.29, 0.717) is 13.2 Å². The van der Waals surface area contributed by atoms with E-state index in [2.05, 4.69) is 17.2 Å². The smallest absolute Gasteiger partial charge is 0.310 e. The van der Waals surface area contributed by atoms with E-state index in [4.69, 9.17) is 4.74 Å². The van der Waals surface area contributed by atoms with E-state index in [9.17, 15) is 4.79 Å². The van der Waals surface area contributed by atoms with Gasteiger partial charge in [-0.2, -0.15) is 0 Å². The second kappa shape index (κ2) is 9.18. The lowest BCUT2D eigenvalue weighted by Gasteiger charge is -2.12. The van der Waals surface area contributed by atoms with Gasteiger partial charge in [0.25, 0.3) is 0 Å². The van der Waals surface area contributed by atoms with Crippen LogP contribution in [0.5, 0.6) is 0 Å². The zero-order valence-corrected chi connectivity index (χ0v) is 11.6. The summed E-state index contributed by atoms with van der Waals surface area (Å²) in [7, 11) is 0. The fourth-order valence-corrected chi connectivity index (χ4v) is 1.55. The average molecular weight is 259 g/mol. The highest BCUT2D eigenvalue weighted by atomic mass is 16.5. The lowest BCUT2D eigenvalue weighted by Crippen LogP contribution is -2.28. The Balaban J connectivity index is 2.19. The number of benzene rings is 1. The average Bonchev–Trinajstić information content (AvgIpc) is 2.45. The van der Waals surface area contributed by atoms with Gasteiger partial charge in [-0.3, -0.25) is 4.79 Å². The summed E-state index contributed by atoms with van der Waals surface area (Å²) >= 11 is 0. The molecule has 0 aromatic heterocycles. The van der Waals surface area contributed by atoms with Crippen LogP contribution in [0.25, 0.3) is 0 Å². The predicted octanol–water partition coefficient (Wildman–Crippen LogP) is 2.37. The molecule has 1 aromatic rings. The number of rotatable bonds is 7. The van der Waals surface area contributed by atoms with E-state index >= 15 is 0 Å². The normalized spacial score (nSPS) is 11.3. The van der Waals surface area contributed by atoms with Gasteiger partial charge in [-0.15, -0.1) is 11.8 Å². The van der Waals surface area contributed by atoms with E-state index in [1.54, 1.807) is 0 Å². The van der Waals surface area contributed by atoms with Crippen molar-refractivity contribution in [3.63, 3.8) is 0 Å². The van der Waals surface area contributed by atoms with E-state index in [-0.39, 0.29) is 11.9 Å². The highest BCUT2D eigenvalue weighted by Gasteiger charge is 2.13. The molecule has 0 saturated carbocycles. The topological polar surface area (TPSA) is 38.3 Å². The molecule has 3 nitrogen and oxygen atoms in total. The maximum atomic E-state index is 11.7. The van der Waals surface area contributed by atoms with Crippen molar-refractivity contribution in [2.45, 2.75) is 26.9 Å². The molecule has 0 bridgehead atoms. The Morgan fingerprint density at radius 2 is 2.11 bits per heavy atom. The third kappa shape index (κ3) is 6.64. The summed E-state index contributed by atoms with van der Waals surface area (Å²) in [6.07, 6.45) is 0.808. The first-order valence-electron chi connectivity index (χ1n) is 6.55. The van der Waals surface area contributed by atoms with Crippen LogP contribution in [-0.2, 0) is 16.1 Å². The van der Waals surface area contributed by atoms with Crippen molar-refractivity contribution in [3.05, 3.63) is 35.9 Å². The summed E-state index contributed by atoms with van der Waals surface area (Å²) in [5, 5.41) is 3.20. The first-order chi connectivity index (χ1) is 9.24. The minimum Gasteiger partial charge on any atom is -0.461 e. The van der Waals surface area contributed by atoms with Gasteiger partial charge in [0.2, 0.25) is 0 Å². The van der Waals surface area contributed by atoms with Crippen molar-refractivity contribution in [1.82, 2.24) is 5.32 Å². The zero-order chi connectivity index (χ0) is 13.9. The highest BCUT2D eigenvalue weighted by molar-refractivity contribution is 5.72. The summed E-state index contributed by atoms with van der Waals surface area (Å²) < 4.78 is 5.26. The molecule has 0 spiro atoms. The van der Waals surface area contributed by atoms with Gasteiger partial charge < -0.3 is 10.1 Å². The Morgan fingerprint density at radius 1 is 1.37 bits per heavy atom. The van der Waals surface area contributed by atoms with Gasteiger partial charge in [-0.1, -0.05) is 37.3 Å². The van der Waals surface area contributed by atoms with Crippen LogP contribution in [0.2, 0.25) is 0 Å². The zero-order valence-electron chi connectivity index (χ0n) is 11.6. The largest absolute Gasteiger partial charge is 0.461 e. The molecule has 0 saturated heterocycles. The van der Waals surface area contributed by atoms with Crippen molar-refractivity contribution in [3.8, 4) is 11.8 Å². The van der Waals surface area contributed by atoms with Crippen LogP contribution in [0, 0.1) is 17.8 Å². The van der Waals surface area contributed by atoms with Crippen LogP contribution in [0.1, 0.15) is 25.8 Å². The van der Waals surface area contributed by atoms with Gasteiger partial charge in [-0.05, 0) is 12.5 Å². The fourth-order valence-electron chi connectivity index (χ4n) is 1.55. The van der Waals surface area contributed by atoms with E-state index in [0.717, 1.165) is 18.5 Å². The van der Waals surface area contributed by atoms with Crippen molar-refractivity contribution in [2.24, 2.45) is 5.92 Å². The SMILES string of the molecule is CC#CCCNCC(C)C(=O)OCc1ccccc1. The lowest BCUT2D eigenvalue weighted by atomic mass is 10.2. The van der Waals surface area contributed by atoms with E-state index in [1.165, 1.54) is 0 Å². The summed E-state index contributed by atoms with van der Waals surface area (Å²) in [5.41, 5.74) is 1.01. The highest BCUT2D eigenvalue weighted by Crippen LogP contribution is 2.04. The molecule has 102 valence electrons. The summed E-state index contributed by atoms with van der Waals surface area (Å²) in [5.74, 6) is 5.50. The van der Waals surface area contributed by atoms with Crippen LogP contribution in [0.15, 0.2) is 30.3 Å². The molecule has 0 aliphatic rings. The minimum absolute atomic E-state index is 0.140. The molecule has 0 aliphatic heterocycles. The van der Waals surface area contributed by atoms with Crippen LogP contribution in [-0.4, -0.2) is 19.1 Å². The van der Waals surface area contributed by atoms with Gasteiger partial charge in [0.05, 0.1) is 5.92 Å². The number of ether oxygens (including phenoxy) is 1. The van der Waals surface area contributed by atoms with Crippen LogP contribution in [0.3, 0.4) is 0 Å². The Bertz CT molecular complexity index is 431. The van der Waals surface area contributed by atoms with Crippen LogP contribution in [0.4, 0.5) is 0 Å². The third-order valence-electron chi connectivity index (χ3n) is 2.68. The molecule has 0 aliphatic carbocycles. The molecule has 1 unspecified atom stereocenters. The van der Waals surface area contributed by atoms with Crippen LogP contribution >= 0.6 is 0 Å². The predicted molar refractivity (Wildman–Crippen MR) is 76.3 cm³/mol. The monoisotopic (exact) mass is 259 g/mol. The number of hydrogen-bond acceptors (Lipinski definition) is 3. The van der Waals surface area contributed by atoms with E-state index < -0.39 is 0 Å². The first kappa shape index (κ1) is 15.3. The molecule has 0 amide bonds. The van der Waals surface area contributed by atoms with Gasteiger partial charge in [-0.25, -0.2) is 0 Å². The Kier molecular flexibility index (Phi) is 7.38. The lowest BCUT2D eigenvalue weighted by molar-refractivity contribution is -0.149. The Morgan fingerprint density at radius 3 is 2.79 bits per heavy atom. The minimum atomic E-state index is -0.169. The van der Waals surface area contributed by atoms with Gasteiger partial charge >= 0.3 is 5.97 Å². The van der Waals surface area contributed by atoms with Gasteiger partial charge in [0, 0.05) is 19.5 Å². The third-order valence-corrected chi connectivity index (χ3v) is 2.68. The van der Waals surface area contributed by atoms with Gasteiger partial charge in [0.1, 0.15) is 6.61 Å². The first-order valence-corrected chi connectivity index (χ1v) is 6.55. The Hall–Kier alpha value is -1.79. The maximum Gasteiger partial charge on any atom is 0.310 e. The fraction of sp³-hybridized carbons (Fsp3) is 0.438. The molecule has 1 aromatic carbocycles. The number of nitrogens with one attached hydrogen (secondary N) is 1. The molecule has 1 N–H and O–H groups in total. The van der Waals surface area contributed by atoms with Crippen molar-refractivity contribution >= 4 is 5.97 Å². The quantitative estimate of drug-likeness (QED) is 0.464. The second-order valence-electron chi connectivity index (χ2n) is 4.38. The molecule has 0 radical (unpaired) electrons. The number of carbonyl (C=O) groups is 1. The molecule has 1 atom stereocenters. The molecule has 0 fully saturated rings. The summed E-state index contributed by atoms with van der Waals surface area (Å²) in [4.78, 5) is 11.7. The molecule has 3 heteroatoms. The molecular formula is C16H21NO2. The van der Waals surface area contributed by atoms with Gasteiger partial charge in [0.15, 0.2) is 0 Å². The molecule has 1 rings (SSSR count). The summed E-state index contributed by atoms with van der Waals surface area (Å²) in [6, 6.07) is 9.70. The van der Waals surface area contributed by atoms with Crippen molar-refractivity contribution in [1.29, 1.82) is 0 Å². The summed E-state index contributed by atoms with van der Waals surface area (Å²) in [6.45, 7) is 5.46.